The Morgan fingerprint density at radius 1 is 1.42 bits per heavy atom. The quantitative estimate of drug-likeness (QED) is 0.429. The first kappa shape index (κ1) is 15.8. The Hall–Kier alpha value is -3.13. The van der Waals surface area contributed by atoms with E-state index in [9.17, 15) is 20.0 Å². The number of nitrogens with one attached hydrogen (secondary N) is 1. The minimum Gasteiger partial charge on any atom is -0.501 e. The van der Waals surface area contributed by atoms with Crippen LogP contribution in [0.4, 0.5) is 11.4 Å². The van der Waals surface area contributed by atoms with Crippen LogP contribution in [-0.2, 0) is 11.2 Å². The molecule has 0 aliphatic rings. The molecular formula is C15H11ClN4O4. The van der Waals surface area contributed by atoms with E-state index < -0.39 is 22.3 Å². The summed E-state index contributed by atoms with van der Waals surface area (Å²) in [6.07, 6.45) is 3.45. The van der Waals surface area contributed by atoms with Crippen LogP contribution < -0.4 is 5.32 Å². The Kier molecular flexibility index (Phi) is 4.05. The molecule has 2 N–H and O–H groups in total. The molecule has 0 aliphatic carbocycles. The minimum atomic E-state index is -0.779. The number of imidazole rings is 1. The second-order valence-corrected chi connectivity index (χ2v) is 5.44. The van der Waals surface area contributed by atoms with Crippen LogP contribution in [0.1, 0.15) is 5.69 Å². The van der Waals surface area contributed by atoms with Gasteiger partial charge in [0.25, 0.3) is 0 Å². The molecule has 3 rings (SSSR count). The number of hydrogen-bond donors (Lipinski definition) is 2. The number of phenols is 1. The minimum absolute atomic E-state index is 0.0301. The highest BCUT2D eigenvalue weighted by Gasteiger charge is 2.20. The topological polar surface area (TPSA) is 110 Å². The number of rotatable bonds is 4. The van der Waals surface area contributed by atoms with Crippen LogP contribution in [0.3, 0.4) is 0 Å². The number of nitrogens with zero attached hydrogens (tertiary/aromatic N) is 3. The van der Waals surface area contributed by atoms with Crippen LogP contribution in [0, 0.1) is 10.1 Å². The second kappa shape index (κ2) is 6.17. The first-order chi connectivity index (χ1) is 11.4. The van der Waals surface area contributed by atoms with Crippen molar-refractivity contribution in [3.05, 3.63) is 63.6 Å². The smallest absolute Gasteiger partial charge is 0.314 e. The Morgan fingerprint density at radius 2 is 2.21 bits per heavy atom. The molecular weight excluding hydrogens is 336 g/mol. The van der Waals surface area contributed by atoms with Crippen molar-refractivity contribution in [2.45, 2.75) is 6.42 Å². The number of fused-ring (bicyclic) bond motifs is 1. The van der Waals surface area contributed by atoms with Gasteiger partial charge < -0.3 is 14.8 Å². The van der Waals surface area contributed by atoms with Crippen LogP contribution in [0.25, 0.3) is 5.65 Å². The van der Waals surface area contributed by atoms with Gasteiger partial charge in [-0.25, -0.2) is 4.98 Å². The van der Waals surface area contributed by atoms with E-state index in [0.717, 1.165) is 6.07 Å². The van der Waals surface area contributed by atoms with E-state index in [-0.39, 0.29) is 17.1 Å². The molecule has 0 atom stereocenters. The van der Waals surface area contributed by atoms with Gasteiger partial charge in [0.2, 0.25) is 11.7 Å². The van der Waals surface area contributed by atoms with E-state index in [1.165, 1.54) is 6.07 Å². The number of halogens is 1. The van der Waals surface area contributed by atoms with Gasteiger partial charge in [-0.3, -0.25) is 14.9 Å². The number of carbonyl (C=O) groups excluding carboxylic acids is 1. The molecule has 0 saturated carbocycles. The summed E-state index contributed by atoms with van der Waals surface area (Å²) >= 11 is 5.78. The summed E-state index contributed by atoms with van der Waals surface area (Å²) in [5, 5.41) is 23.2. The normalized spacial score (nSPS) is 10.7. The number of phenolic OH excluding ortho intramolecular Hbond substituents is 1. The average molecular weight is 347 g/mol. The summed E-state index contributed by atoms with van der Waals surface area (Å²) in [5.74, 6) is -1.13. The molecule has 0 saturated heterocycles. The summed E-state index contributed by atoms with van der Waals surface area (Å²) in [6.45, 7) is 0. The van der Waals surface area contributed by atoms with Crippen molar-refractivity contribution in [3.63, 3.8) is 0 Å². The van der Waals surface area contributed by atoms with Gasteiger partial charge in [0.1, 0.15) is 5.65 Å². The lowest BCUT2D eigenvalue weighted by Crippen LogP contribution is -2.15. The Balaban J connectivity index is 1.81. The molecule has 1 aromatic carbocycles. The summed E-state index contributed by atoms with van der Waals surface area (Å²) < 4.78 is 1.77. The zero-order valence-corrected chi connectivity index (χ0v) is 12.9. The molecule has 122 valence electrons. The number of pyridine rings is 1. The largest absolute Gasteiger partial charge is 0.501 e. The molecule has 2 heterocycles. The van der Waals surface area contributed by atoms with Crippen molar-refractivity contribution in [1.82, 2.24) is 9.38 Å². The number of benzene rings is 1. The van der Waals surface area contributed by atoms with Gasteiger partial charge in [-0.15, -0.1) is 0 Å². The molecule has 24 heavy (non-hydrogen) atoms. The summed E-state index contributed by atoms with van der Waals surface area (Å²) in [6, 6.07) is 7.71. The molecule has 0 fully saturated rings. The number of nitro benzene ring substituents is 1. The predicted molar refractivity (Wildman–Crippen MR) is 87.3 cm³/mol. The third kappa shape index (κ3) is 3.13. The Labute approximate surface area is 140 Å². The van der Waals surface area contributed by atoms with E-state index in [0.29, 0.717) is 11.3 Å². The maximum Gasteiger partial charge on any atom is 0.314 e. The van der Waals surface area contributed by atoms with E-state index >= 15 is 0 Å². The van der Waals surface area contributed by atoms with Crippen molar-refractivity contribution in [1.29, 1.82) is 0 Å². The molecule has 0 bridgehead atoms. The van der Waals surface area contributed by atoms with Crippen molar-refractivity contribution >= 4 is 34.5 Å². The lowest BCUT2D eigenvalue weighted by atomic mass is 10.2. The van der Waals surface area contributed by atoms with Gasteiger partial charge in [-0.1, -0.05) is 17.7 Å². The van der Waals surface area contributed by atoms with Gasteiger partial charge in [-0.05, 0) is 18.2 Å². The fraction of sp³-hybridized carbons (Fsp3) is 0.0667. The third-order valence-corrected chi connectivity index (χ3v) is 3.50. The fourth-order valence-corrected chi connectivity index (χ4v) is 2.46. The molecule has 2 aromatic heterocycles. The number of nitro groups is 1. The van der Waals surface area contributed by atoms with Crippen molar-refractivity contribution in [2.24, 2.45) is 0 Å². The lowest BCUT2D eigenvalue weighted by Gasteiger charge is -2.07. The monoisotopic (exact) mass is 346 g/mol. The van der Waals surface area contributed by atoms with Gasteiger partial charge in [0.15, 0.2) is 0 Å². The highest BCUT2D eigenvalue weighted by atomic mass is 35.5. The average Bonchev–Trinajstić information content (AvgIpc) is 2.92. The molecule has 9 heteroatoms. The van der Waals surface area contributed by atoms with E-state index in [4.69, 9.17) is 11.6 Å². The molecule has 0 aliphatic heterocycles. The zero-order chi connectivity index (χ0) is 17.3. The van der Waals surface area contributed by atoms with Crippen LogP contribution in [0.2, 0.25) is 5.02 Å². The van der Waals surface area contributed by atoms with Crippen LogP contribution in [-0.4, -0.2) is 25.3 Å². The fourth-order valence-electron chi connectivity index (χ4n) is 2.25. The number of carbonyl (C=O) groups is 1. The highest BCUT2D eigenvalue weighted by Crippen LogP contribution is 2.36. The highest BCUT2D eigenvalue weighted by molar-refractivity contribution is 6.31. The number of hydrogen-bond acceptors (Lipinski definition) is 5. The predicted octanol–water partition coefficient (Wildman–Crippen LogP) is 2.78. The number of aromatic nitrogens is 2. The van der Waals surface area contributed by atoms with Crippen molar-refractivity contribution in [2.75, 3.05) is 5.32 Å². The molecule has 8 nitrogen and oxygen atoms in total. The molecule has 3 aromatic rings. The maximum absolute atomic E-state index is 12.1. The molecule has 0 unspecified atom stereocenters. The van der Waals surface area contributed by atoms with Crippen molar-refractivity contribution < 1.29 is 14.8 Å². The summed E-state index contributed by atoms with van der Waals surface area (Å²) in [5.41, 5.74) is 0.518. The molecule has 1 amide bonds. The Bertz CT molecular complexity index is 921. The third-order valence-electron chi connectivity index (χ3n) is 3.28. The van der Waals surface area contributed by atoms with E-state index in [2.05, 4.69) is 10.3 Å². The number of aromatic hydroxyl groups is 1. The van der Waals surface area contributed by atoms with E-state index in [1.54, 1.807) is 22.9 Å². The van der Waals surface area contributed by atoms with E-state index in [1.807, 2.05) is 12.1 Å². The van der Waals surface area contributed by atoms with Gasteiger partial charge in [-0.2, -0.15) is 0 Å². The maximum atomic E-state index is 12.1. The number of anilines is 1. The summed E-state index contributed by atoms with van der Waals surface area (Å²) in [7, 11) is 0. The van der Waals surface area contributed by atoms with Crippen LogP contribution in [0.5, 0.6) is 5.75 Å². The first-order valence-electron chi connectivity index (χ1n) is 6.83. The number of amides is 1. The SMILES string of the molecule is O=C(Cc1cn2ccccc2n1)Nc1cc(Cl)cc([N+](=O)[O-])c1O. The molecule has 0 radical (unpaired) electrons. The lowest BCUT2D eigenvalue weighted by molar-refractivity contribution is -0.385. The first-order valence-corrected chi connectivity index (χ1v) is 7.21. The van der Waals surface area contributed by atoms with Crippen LogP contribution >= 0.6 is 11.6 Å². The summed E-state index contributed by atoms with van der Waals surface area (Å²) in [4.78, 5) is 26.5. The van der Waals surface area contributed by atoms with Crippen LogP contribution in [0.15, 0.2) is 42.7 Å². The second-order valence-electron chi connectivity index (χ2n) is 5.00. The zero-order valence-electron chi connectivity index (χ0n) is 12.1. The van der Waals surface area contributed by atoms with Gasteiger partial charge in [0.05, 0.1) is 22.7 Å². The Morgan fingerprint density at radius 3 is 2.92 bits per heavy atom. The van der Waals surface area contributed by atoms with Gasteiger partial charge in [0, 0.05) is 23.5 Å². The molecule has 0 spiro atoms. The van der Waals surface area contributed by atoms with Gasteiger partial charge >= 0.3 is 5.69 Å². The van der Waals surface area contributed by atoms with Crippen molar-refractivity contribution in [3.8, 4) is 5.75 Å². The standard InChI is InChI=1S/C15H11ClN4O4/c16-9-5-11(15(22)12(6-9)20(23)24)18-14(21)7-10-8-19-4-2-1-3-13(19)17-10/h1-6,8,22H,7H2,(H,18,21).